The lowest BCUT2D eigenvalue weighted by atomic mass is 10.0. The van der Waals surface area contributed by atoms with Crippen molar-refractivity contribution >= 4 is 43.3 Å². The molecule has 0 radical (unpaired) electrons. The summed E-state index contributed by atoms with van der Waals surface area (Å²) in [5.41, 5.74) is 2.61. The summed E-state index contributed by atoms with van der Waals surface area (Å²) < 4.78 is 0.919. The molecule has 0 spiro atoms. The summed E-state index contributed by atoms with van der Waals surface area (Å²) in [5, 5.41) is 3.07. The second-order valence-corrected chi connectivity index (χ2v) is 8.59. The van der Waals surface area contributed by atoms with Gasteiger partial charge >= 0.3 is 0 Å². The third-order valence-electron chi connectivity index (χ3n) is 5.28. The predicted octanol–water partition coefficient (Wildman–Crippen LogP) is 5.03. The second-order valence-electron chi connectivity index (χ2n) is 7.73. The number of aryl methyl sites for hydroxylation is 2. The van der Waals surface area contributed by atoms with E-state index < -0.39 is 0 Å². The van der Waals surface area contributed by atoms with Crippen LogP contribution in [-0.2, 0) is 0 Å². The topological polar surface area (TPSA) is 82.8 Å². The minimum Gasteiger partial charge on any atom is -0.328 e. The minimum atomic E-state index is -0.129. The van der Waals surface area contributed by atoms with Crippen LogP contribution in [0.15, 0.2) is 62.9 Å². The molecule has 2 aromatic carbocycles. The lowest BCUT2D eigenvalue weighted by Gasteiger charge is -2.05. The Kier molecular flexibility index (Phi) is 5.43. The number of rotatable bonds is 2. The maximum Gasteiger partial charge on any atom is 0.255 e. The smallest absolute Gasteiger partial charge is 0.255 e. The molecule has 6 heteroatoms. The van der Waals surface area contributed by atoms with E-state index >= 15 is 0 Å². The summed E-state index contributed by atoms with van der Waals surface area (Å²) >= 11 is 3.39. The Balaban J connectivity index is 0.000000151. The van der Waals surface area contributed by atoms with Gasteiger partial charge < -0.3 is 9.97 Å². The molecular weight excluding hydrogens is 444 g/mol. The highest BCUT2D eigenvalue weighted by molar-refractivity contribution is 9.10. The first kappa shape index (κ1) is 20.3. The van der Waals surface area contributed by atoms with Gasteiger partial charge in [-0.1, -0.05) is 35.4 Å². The standard InChI is InChI=1S/C14H13NO2.C10H8BrNO/c1-8-2-5-10-11(6-8)14(17)15-7-12(10)13(16)9-3-4-9;1-6-2-3-7-8(4-6)10(13)12-5-9(7)11/h2,5-7,9H,3-4H2,1H3,(H,15,17);2-5H,1H3,(H,12,13). The average molecular weight is 465 g/mol. The summed E-state index contributed by atoms with van der Waals surface area (Å²) in [5.74, 6) is 0.334. The number of aromatic amines is 2. The number of pyridine rings is 2. The zero-order valence-corrected chi connectivity index (χ0v) is 18.3. The lowest BCUT2D eigenvalue weighted by Crippen LogP contribution is -2.11. The van der Waals surface area contributed by atoms with E-state index in [1.807, 2.05) is 50.2 Å². The number of benzene rings is 2. The van der Waals surface area contributed by atoms with Crippen LogP contribution in [0.1, 0.15) is 34.3 Å². The van der Waals surface area contributed by atoms with E-state index in [2.05, 4.69) is 25.9 Å². The third-order valence-corrected chi connectivity index (χ3v) is 5.93. The van der Waals surface area contributed by atoms with E-state index in [1.54, 1.807) is 12.4 Å². The Morgan fingerprint density at radius 2 is 1.37 bits per heavy atom. The number of nitrogens with one attached hydrogen (secondary N) is 2. The van der Waals surface area contributed by atoms with Gasteiger partial charge in [-0.2, -0.15) is 0 Å². The molecule has 1 aliphatic rings. The van der Waals surface area contributed by atoms with Crippen LogP contribution < -0.4 is 11.1 Å². The van der Waals surface area contributed by atoms with Crippen molar-refractivity contribution in [2.24, 2.45) is 5.92 Å². The van der Waals surface area contributed by atoms with E-state index in [0.29, 0.717) is 10.9 Å². The van der Waals surface area contributed by atoms with Crippen LogP contribution in [0.2, 0.25) is 0 Å². The first-order valence-corrected chi connectivity index (χ1v) is 10.6. The summed E-state index contributed by atoms with van der Waals surface area (Å²) in [4.78, 5) is 40.6. The van der Waals surface area contributed by atoms with Gasteiger partial charge in [0.25, 0.3) is 11.1 Å². The highest BCUT2D eigenvalue weighted by Gasteiger charge is 2.31. The Morgan fingerprint density at radius 1 is 0.833 bits per heavy atom. The van der Waals surface area contributed by atoms with E-state index in [9.17, 15) is 14.4 Å². The average Bonchev–Trinajstić information content (AvgIpc) is 3.57. The Bertz CT molecular complexity index is 1400. The molecule has 2 heterocycles. The molecule has 0 atom stereocenters. The van der Waals surface area contributed by atoms with Gasteiger partial charge in [-0.25, -0.2) is 0 Å². The van der Waals surface area contributed by atoms with Crippen molar-refractivity contribution in [2.75, 3.05) is 0 Å². The molecule has 4 aromatic rings. The SMILES string of the molecule is Cc1ccc2c(Br)c[nH]c(=O)c2c1.Cc1ccc2c(C(=O)C3CC3)c[nH]c(=O)c2c1. The molecular formula is C24H21BrN2O3. The summed E-state index contributed by atoms with van der Waals surface area (Å²) in [6.45, 7) is 3.91. The number of fused-ring (bicyclic) bond motifs is 2. The van der Waals surface area contributed by atoms with Gasteiger partial charge in [0, 0.05) is 44.5 Å². The van der Waals surface area contributed by atoms with Crippen LogP contribution in [-0.4, -0.2) is 15.8 Å². The van der Waals surface area contributed by atoms with Gasteiger partial charge in [0.15, 0.2) is 5.78 Å². The van der Waals surface area contributed by atoms with Crippen LogP contribution in [0.25, 0.3) is 21.5 Å². The third kappa shape index (κ3) is 4.00. The fraction of sp³-hybridized carbons (Fsp3) is 0.208. The molecule has 1 fully saturated rings. The highest BCUT2D eigenvalue weighted by atomic mass is 79.9. The number of carbonyl (C=O) groups excluding carboxylic acids is 1. The normalized spacial score (nSPS) is 13.2. The van der Waals surface area contributed by atoms with Crippen LogP contribution >= 0.6 is 15.9 Å². The molecule has 30 heavy (non-hydrogen) atoms. The Labute approximate surface area is 181 Å². The van der Waals surface area contributed by atoms with E-state index in [0.717, 1.165) is 44.6 Å². The molecule has 0 bridgehead atoms. The lowest BCUT2D eigenvalue weighted by molar-refractivity contribution is 0.0969. The number of halogens is 1. The summed E-state index contributed by atoms with van der Waals surface area (Å²) in [6.07, 6.45) is 5.18. The summed E-state index contributed by atoms with van der Waals surface area (Å²) in [7, 11) is 0. The first-order valence-electron chi connectivity index (χ1n) is 9.79. The zero-order valence-electron chi connectivity index (χ0n) is 16.7. The molecule has 0 saturated heterocycles. The number of carbonyl (C=O) groups is 1. The van der Waals surface area contributed by atoms with Crippen LogP contribution in [0.4, 0.5) is 0 Å². The zero-order chi connectivity index (χ0) is 21.4. The molecule has 1 saturated carbocycles. The van der Waals surface area contributed by atoms with E-state index in [4.69, 9.17) is 0 Å². The number of Topliss-reactive ketones (excluding diaryl/α,β-unsaturated/α-hetero) is 1. The van der Waals surface area contributed by atoms with E-state index in [-0.39, 0.29) is 22.8 Å². The molecule has 0 amide bonds. The Hall–Kier alpha value is -2.99. The van der Waals surface area contributed by atoms with Gasteiger partial charge in [-0.05, 0) is 60.1 Å². The quantitative estimate of drug-likeness (QED) is 0.408. The van der Waals surface area contributed by atoms with Crippen molar-refractivity contribution in [1.29, 1.82) is 0 Å². The molecule has 0 unspecified atom stereocenters. The maximum absolute atomic E-state index is 12.1. The van der Waals surface area contributed by atoms with Crippen molar-refractivity contribution in [3.63, 3.8) is 0 Å². The number of H-pyrrole nitrogens is 2. The van der Waals surface area contributed by atoms with Gasteiger partial charge in [-0.3, -0.25) is 14.4 Å². The fourth-order valence-electron chi connectivity index (χ4n) is 3.48. The molecule has 5 rings (SSSR count). The molecule has 0 aliphatic heterocycles. The largest absolute Gasteiger partial charge is 0.328 e. The van der Waals surface area contributed by atoms with Crippen molar-refractivity contribution in [2.45, 2.75) is 26.7 Å². The van der Waals surface area contributed by atoms with Gasteiger partial charge in [0.1, 0.15) is 0 Å². The monoisotopic (exact) mass is 464 g/mol. The Morgan fingerprint density at radius 3 is 1.97 bits per heavy atom. The molecule has 2 N–H and O–H groups in total. The van der Waals surface area contributed by atoms with Crippen molar-refractivity contribution in [3.05, 3.63) is 90.7 Å². The van der Waals surface area contributed by atoms with Crippen LogP contribution in [0.3, 0.4) is 0 Å². The number of ketones is 1. The van der Waals surface area contributed by atoms with Crippen molar-refractivity contribution in [3.8, 4) is 0 Å². The van der Waals surface area contributed by atoms with Gasteiger partial charge in [-0.15, -0.1) is 0 Å². The van der Waals surface area contributed by atoms with Crippen molar-refractivity contribution in [1.82, 2.24) is 9.97 Å². The molecule has 152 valence electrons. The number of hydrogen-bond acceptors (Lipinski definition) is 3. The second kappa shape index (κ2) is 8.03. The summed E-state index contributed by atoms with van der Waals surface area (Å²) in [6, 6.07) is 11.5. The minimum absolute atomic E-state index is 0.0399. The van der Waals surface area contributed by atoms with Crippen molar-refractivity contribution < 1.29 is 4.79 Å². The highest BCUT2D eigenvalue weighted by Crippen LogP contribution is 2.34. The van der Waals surface area contributed by atoms with E-state index in [1.165, 1.54) is 0 Å². The van der Waals surface area contributed by atoms with Gasteiger partial charge in [0.2, 0.25) is 0 Å². The fourth-order valence-corrected chi connectivity index (χ4v) is 3.94. The molecule has 1 aliphatic carbocycles. The van der Waals surface area contributed by atoms with Gasteiger partial charge in [0.05, 0.1) is 0 Å². The maximum atomic E-state index is 12.1. The van der Waals surface area contributed by atoms with Crippen LogP contribution in [0, 0.1) is 19.8 Å². The molecule has 5 nitrogen and oxygen atoms in total. The number of aromatic nitrogens is 2. The predicted molar refractivity (Wildman–Crippen MR) is 123 cm³/mol. The van der Waals surface area contributed by atoms with Crippen LogP contribution in [0.5, 0.6) is 0 Å². The first-order chi connectivity index (χ1) is 14.3. The number of hydrogen-bond donors (Lipinski definition) is 2. The molecule has 2 aromatic heterocycles.